The fourth-order valence-electron chi connectivity index (χ4n) is 3.86. The molecule has 0 aliphatic rings. The van der Waals surface area contributed by atoms with Gasteiger partial charge in [0.25, 0.3) is 0 Å². The Labute approximate surface area is 201 Å². The first kappa shape index (κ1) is 25.1. The summed E-state index contributed by atoms with van der Waals surface area (Å²) in [4.78, 5) is 26.7. The van der Waals surface area contributed by atoms with Gasteiger partial charge in [0.15, 0.2) is 0 Å². The molecule has 1 amide bonds. The average molecular weight is 463 g/mol. The summed E-state index contributed by atoms with van der Waals surface area (Å²) in [7, 11) is 1.41. The number of benzene rings is 3. The standard InChI is InChI=1S/C28H34N2O4/c1-19-11-13-21(14-12-19)18-30(20(2)17-26(31)33-6)25-16-15-24(22-9-7-8-10-23(22)25)29-27(32)34-28(3,4)5/h7-16,20H,17-18H2,1-6H3,(H,29,32). The molecule has 3 rings (SSSR count). The molecular weight excluding hydrogens is 428 g/mol. The molecule has 3 aromatic rings. The Morgan fingerprint density at radius 3 is 2.24 bits per heavy atom. The topological polar surface area (TPSA) is 67.9 Å². The van der Waals surface area contributed by atoms with Crippen molar-refractivity contribution in [1.29, 1.82) is 0 Å². The maximum Gasteiger partial charge on any atom is 0.412 e. The van der Waals surface area contributed by atoms with Crippen LogP contribution in [0.2, 0.25) is 0 Å². The Morgan fingerprint density at radius 1 is 0.971 bits per heavy atom. The van der Waals surface area contributed by atoms with E-state index >= 15 is 0 Å². The Balaban J connectivity index is 2.02. The predicted octanol–water partition coefficient (Wildman–Crippen LogP) is 6.45. The summed E-state index contributed by atoms with van der Waals surface area (Å²) in [6.07, 6.45) is -0.241. The maximum absolute atomic E-state index is 12.4. The second kappa shape index (κ2) is 10.6. The van der Waals surface area contributed by atoms with Crippen LogP contribution in [0.5, 0.6) is 0 Å². The third-order valence-electron chi connectivity index (χ3n) is 5.54. The molecular formula is C28H34N2O4. The Kier molecular flexibility index (Phi) is 7.82. The lowest BCUT2D eigenvalue weighted by atomic mass is 10.0. The van der Waals surface area contributed by atoms with E-state index < -0.39 is 11.7 Å². The van der Waals surface area contributed by atoms with Gasteiger partial charge in [0.2, 0.25) is 0 Å². The molecule has 0 aliphatic carbocycles. The average Bonchev–Trinajstić information content (AvgIpc) is 2.78. The molecule has 34 heavy (non-hydrogen) atoms. The van der Waals surface area contributed by atoms with Crippen LogP contribution in [0.15, 0.2) is 60.7 Å². The maximum atomic E-state index is 12.4. The lowest BCUT2D eigenvalue weighted by Crippen LogP contribution is -2.35. The number of aryl methyl sites for hydroxylation is 1. The lowest BCUT2D eigenvalue weighted by Gasteiger charge is -2.32. The van der Waals surface area contributed by atoms with Gasteiger partial charge in [0.1, 0.15) is 5.60 Å². The molecule has 0 heterocycles. The number of amides is 1. The molecule has 6 nitrogen and oxygen atoms in total. The van der Waals surface area contributed by atoms with Crippen LogP contribution in [0, 0.1) is 6.92 Å². The van der Waals surface area contributed by atoms with Gasteiger partial charge >= 0.3 is 12.1 Å². The van der Waals surface area contributed by atoms with Gasteiger partial charge in [-0.25, -0.2) is 4.79 Å². The van der Waals surface area contributed by atoms with Crippen molar-refractivity contribution in [3.63, 3.8) is 0 Å². The Hall–Kier alpha value is -3.54. The highest BCUT2D eigenvalue weighted by molar-refractivity contribution is 6.05. The van der Waals surface area contributed by atoms with Gasteiger partial charge in [-0.05, 0) is 52.3 Å². The summed E-state index contributed by atoms with van der Waals surface area (Å²) in [5.74, 6) is -0.256. The van der Waals surface area contributed by atoms with Gasteiger partial charge in [-0.15, -0.1) is 0 Å². The van der Waals surface area contributed by atoms with Crippen LogP contribution >= 0.6 is 0 Å². The van der Waals surface area contributed by atoms with Crippen molar-refractivity contribution in [3.8, 4) is 0 Å². The van der Waals surface area contributed by atoms with Crippen LogP contribution in [0.25, 0.3) is 10.8 Å². The minimum Gasteiger partial charge on any atom is -0.469 e. The number of anilines is 2. The number of hydrogen-bond acceptors (Lipinski definition) is 5. The highest BCUT2D eigenvalue weighted by atomic mass is 16.6. The zero-order chi connectivity index (χ0) is 24.9. The summed E-state index contributed by atoms with van der Waals surface area (Å²) in [5.41, 5.74) is 3.39. The molecule has 0 saturated heterocycles. The molecule has 1 N–H and O–H groups in total. The van der Waals surface area contributed by atoms with E-state index in [1.165, 1.54) is 12.7 Å². The second-order valence-corrected chi connectivity index (χ2v) is 9.55. The van der Waals surface area contributed by atoms with Crippen LogP contribution in [0.1, 0.15) is 45.2 Å². The summed E-state index contributed by atoms with van der Waals surface area (Å²) < 4.78 is 10.4. The Bertz CT molecular complexity index is 1150. The Morgan fingerprint density at radius 2 is 1.62 bits per heavy atom. The van der Waals surface area contributed by atoms with Crippen LogP contribution in [-0.4, -0.2) is 30.8 Å². The smallest absolute Gasteiger partial charge is 0.412 e. The van der Waals surface area contributed by atoms with Crippen molar-refractivity contribution in [2.24, 2.45) is 0 Å². The highest BCUT2D eigenvalue weighted by Gasteiger charge is 2.22. The van der Waals surface area contributed by atoms with E-state index in [0.29, 0.717) is 12.2 Å². The number of nitrogens with zero attached hydrogens (tertiary/aromatic N) is 1. The summed E-state index contributed by atoms with van der Waals surface area (Å²) >= 11 is 0. The number of carbonyl (C=O) groups excluding carboxylic acids is 2. The van der Waals surface area contributed by atoms with Crippen molar-refractivity contribution in [2.45, 2.75) is 59.2 Å². The van der Waals surface area contributed by atoms with Gasteiger partial charge in [-0.2, -0.15) is 0 Å². The molecule has 1 atom stereocenters. The summed E-state index contributed by atoms with van der Waals surface area (Å²) in [6.45, 7) is 10.2. The van der Waals surface area contributed by atoms with Crippen LogP contribution < -0.4 is 10.2 Å². The number of rotatable bonds is 7. The largest absolute Gasteiger partial charge is 0.469 e. The molecule has 1 unspecified atom stereocenters. The first-order valence-corrected chi connectivity index (χ1v) is 11.5. The van der Waals surface area contributed by atoms with E-state index in [9.17, 15) is 9.59 Å². The monoisotopic (exact) mass is 462 g/mol. The molecule has 0 saturated carbocycles. The normalized spacial score (nSPS) is 12.2. The molecule has 0 radical (unpaired) electrons. The molecule has 6 heteroatoms. The van der Waals surface area contributed by atoms with Gasteiger partial charge in [-0.1, -0.05) is 54.1 Å². The first-order valence-electron chi connectivity index (χ1n) is 11.5. The SMILES string of the molecule is COC(=O)CC(C)N(Cc1ccc(C)cc1)c1ccc(NC(=O)OC(C)(C)C)c2ccccc12. The quantitative estimate of drug-likeness (QED) is 0.409. The lowest BCUT2D eigenvalue weighted by molar-refractivity contribution is -0.140. The molecule has 0 spiro atoms. The third kappa shape index (κ3) is 6.50. The van der Waals surface area contributed by atoms with E-state index in [1.54, 1.807) is 0 Å². The molecule has 3 aromatic carbocycles. The van der Waals surface area contributed by atoms with Crippen molar-refractivity contribution >= 4 is 34.2 Å². The van der Waals surface area contributed by atoms with E-state index in [-0.39, 0.29) is 18.4 Å². The van der Waals surface area contributed by atoms with Crippen molar-refractivity contribution < 1.29 is 19.1 Å². The molecule has 0 aliphatic heterocycles. The molecule has 0 bridgehead atoms. The minimum atomic E-state index is -0.589. The van der Waals surface area contributed by atoms with E-state index in [2.05, 4.69) is 41.4 Å². The van der Waals surface area contributed by atoms with Gasteiger partial charge in [0.05, 0.1) is 19.2 Å². The van der Waals surface area contributed by atoms with Crippen molar-refractivity contribution in [3.05, 3.63) is 71.8 Å². The summed E-state index contributed by atoms with van der Waals surface area (Å²) in [5, 5.41) is 4.75. The number of ether oxygens (including phenoxy) is 2. The number of methoxy groups -OCH3 is 1. The van der Waals surface area contributed by atoms with Crippen LogP contribution in [-0.2, 0) is 20.8 Å². The van der Waals surface area contributed by atoms with E-state index in [4.69, 9.17) is 9.47 Å². The van der Waals surface area contributed by atoms with E-state index in [0.717, 1.165) is 22.0 Å². The number of carbonyl (C=O) groups is 2. The fourth-order valence-corrected chi connectivity index (χ4v) is 3.86. The van der Waals surface area contributed by atoms with E-state index in [1.807, 2.05) is 64.1 Å². The van der Waals surface area contributed by atoms with Gasteiger partial charge in [-0.3, -0.25) is 10.1 Å². The second-order valence-electron chi connectivity index (χ2n) is 9.55. The van der Waals surface area contributed by atoms with Crippen LogP contribution in [0.3, 0.4) is 0 Å². The number of esters is 1. The number of fused-ring (bicyclic) bond motifs is 1. The molecule has 0 aromatic heterocycles. The fraction of sp³-hybridized carbons (Fsp3) is 0.357. The van der Waals surface area contributed by atoms with Crippen molar-refractivity contribution in [2.75, 3.05) is 17.3 Å². The predicted molar refractivity (Wildman–Crippen MR) is 137 cm³/mol. The third-order valence-corrected chi connectivity index (χ3v) is 5.54. The van der Waals surface area contributed by atoms with Crippen molar-refractivity contribution in [1.82, 2.24) is 0 Å². The highest BCUT2D eigenvalue weighted by Crippen LogP contribution is 2.35. The molecule has 0 fully saturated rings. The zero-order valence-electron chi connectivity index (χ0n) is 20.8. The van der Waals surface area contributed by atoms with Gasteiger partial charge < -0.3 is 14.4 Å². The number of hydrogen-bond donors (Lipinski definition) is 1. The summed E-state index contributed by atoms with van der Waals surface area (Å²) in [6, 6.07) is 20.1. The first-order chi connectivity index (χ1) is 16.1. The van der Waals surface area contributed by atoms with Crippen LogP contribution in [0.4, 0.5) is 16.2 Å². The number of nitrogens with one attached hydrogen (secondary N) is 1. The molecule has 180 valence electrons. The zero-order valence-corrected chi connectivity index (χ0v) is 20.8. The minimum absolute atomic E-state index is 0.109. The van der Waals surface area contributed by atoms with Gasteiger partial charge in [0, 0.05) is 29.0 Å².